The molecule has 2 aliphatic carbocycles. The van der Waals surface area contributed by atoms with Gasteiger partial charge in [-0.15, -0.1) is 11.3 Å². The number of ketones is 1. The summed E-state index contributed by atoms with van der Waals surface area (Å²) in [4.78, 5) is 85.6. The van der Waals surface area contributed by atoms with Gasteiger partial charge < -0.3 is 36.5 Å². The molecule has 4 heterocycles. The number of carbonyl (C=O) groups excluding carboxylic acids is 5. The van der Waals surface area contributed by atoms with Gasteiger partial charge >= 0.3 is 0 Å². The molecule has 1 unspecified atom stereocenters. The van der Waals surface area contributed by atoms with Crippen LogP contribution >= 0.6 is 11.3 Å². The van der Waals surface area contributed by atoms with Gasteiger partial charge in [-0.2, -0.15) is 0 Å². The van der Waals surface area contributed by atoms with Gasteiger partial charge in [0.2, 0.25) is 24.0 Å². The molecule has 1 aliphatic heterocycles. The van der Waals surface area contributed by atoms with Gasteiger partial charge in [-0.05, 0) is 110 Å². The highest BCUT2D eigenvalue weighted by molar-refractivity contribution is 7.17. The molecule has 3 fully saturated rings. The van der Waals surface area contributed by atoms with Crippen LogP contribution in [0.1, 0.15) is 113 Å². The van der Waals surface area contributed by atoms with Crippen LogP contribution < -0.4 is 32.1 Å². The van der Waals surface area contributed by atoms with E-state index in [4.69, 9.17) is 0 Å². The summed E-state index contributed by atoms with van der Waals surface area (Å²) in [6.07, 6.45) is 9.70. The molecule has 320 valence electrons. The molecule has 0 aromatic carbocycles. The van der Waals surface area contributed by atoms with E-state index >= 15 is 0 Å². The minimum Gasteiger partial charge on any atom is -0.368 e. The maximum absolute atomic E-state index is 13.1. The molecule has 0 radical (unpaired) electrons. The highest BCUT2D eigenvalue weighted by Crippen LogP contribution is 2.29. The van der Waals surface area contributed by atoms with Crippen LogP contribution in [0.3, 0.4) is 0 Å². The van der Waals surface area contributed by atoms with E-state index in [1.165, 1.54) is 22.7 Å². The molecule has 58 heavy (non-hydrogen) atoms. The number of carbonyl (C=O) groups is 5. The third-order valence-corrected chi connectivity index (χ3v) is 10.5. The maximum atomic E-state index is 13.1. The lowest BCUT2D eigenvalue weighted by Gasteiger charge is -2.33. The molecule has 1 saturated heterocycles. The molecular weight excluding hydrogens is 759 g/mol. The Balaban J connectivity index is 0.000000267. The molecule has 0 bridgehead atoms. The third-order valence-electron chi connectivity index (χ3n) is 9.56. The number of thiophene rings is 1. The van der Waals surface area contributed by atoms with Gasteiger partial charge in [0.1, 0.15) is 28.3 Å². The van der Waals surface area contributed by atoms with E-state index in [9.17, 15) is 28.8 Å². The Kier molecular flexibility index (Phi) is 19.4. The number of aromatic amines is 1. The van der Waals surface area contributed by atoms with E-state index in [1.807, 2.05) is 50.5 Å². The number of Topliss-reactive ketones (excluding diaryl/α,β-unsaturated/α-hetero) is 1. The molecule has 3 aliphatic rings. The van der Waals surface area contributed by atoms with Crippen molar-refractivity contribution in [2.24, 2.45) is 5.92 Å². The monoisotopic (exact) mass is 823 g/mol. The second-order valence-corrected chi connectivity index (χ2v) is 17.1. The van der Waals surface area contributed by atoms with Crippen molar-refractivity contribution in [3.8, 4) is 11.5 Å². The van der Waals surface area contributed by atoms with Gasteiger partial charge in [-0.3, -0.25) is 28.8 Å². The molecule has 2 saturated carbocycles. The Bertz CT molecular complexity index is 1850. The summed E-state index contributed by atoms with van der Waals surface area (Å²) in [5.41, 5.74) is 1.53. The van der Waals surface area contributed by atoms with Gasteiger partial charge in [0.05, 0.1) is 12.1 Å². The van der Waals surface area contributed by atoms with E-state index < -0.39 is 29.7 Å². The van der Waals surface area contributed by atoms with Crippen LogP contribution in [0, 0.1) is 5.92 Å². The standard InChI is InChI=1S/C20H30N4O5.C14H14N4OS.C5H13N.C3H8/c25-12-22-17(13-5-2-1-3-6-13)20(29)24-10-4-7-15(24)18(27)21-11-16(26)19(28)23-14-8-9-14;1-8(2)15-11-5-3-4-10(16-11)13-17-9-6-7-20-12(9)14(19)18-13;1-5(2,3)6-4;1-3-2/h12-15,17H,1-11H2,(H,21,27)(H,22,25)(H,23,28);3-8H,1-2H3,(H,15,16)(H,17,18,19);6H,1-4H3;3H2,1-2H3/t15?,17-;;;/m0.../s1. The summed E-state index contributed by atoms with van der Waals surface area (Å²) < 4.78 is 0.644. The van der Waals surface area contributed by atoms with Crippen LogP contribution in [0.15, 0.2) is 34.4 Å². The number of hydrogen-bond donors (Lipinski definition) is 6. The van der Waals surface area contributed by atoms with Crippen molar-refractivity contribution in [2.45, 2.75) is 142 Å². The van der Waals surface area contributed by atoms with Crippen molar-refractivity contribution in [3.05, 3.63) is 40.0 Å². The number of amides is 4. The van der Waals surface area contributed by atoms with E-state index in [-0.39, 0.29) is 30.0 Å². The zero-order valence-corrected chi connectivity index (χ0v) is 36.4. The fourth-order valence-corrected chi connectivity index (χ4v) is 6.95. The minimum absolute atomic E-state index is 0.0761. The fraction of sp³-hybridized carbons (Fsp3) is 0.619. The number of nitrogens with zero attached hydrogens (tertiary/aromatic N) is 3. The Morgan fingerprint density at radius 3 is 2.26 bits per heavy atom. The zero-order chi connectivity index (χ0) is 42.8. The van der Waals surface area contributed by atoms with Gasteiger partial charge in [0.25, 0.3) is 11.5 Å². The van der Waals surface area contributed by atoms with Crippen LogP contribution in [0.5, 0.6) is 0 Å². The lowest BCUT2D eigenvalue weighted by molar-refractivity contribution is -0.142. The Morgan fingerprint density at radius 1 is 0.983 bits per heavy atom. The lowest BCUT2D eigenvalue weighted by atomic mass is 9.83. The summed E-state index contributed by atoms with van der Waals surface area (Å²) in [6, 6.07) is 6.54. The van der Waals surface area contributed by atoms with Crippen molar-refractivity contribution in [1.82, 2.24) is 41.1 Å². The molecule has 4 amide bonds. The topological polar surface area (TPSA) is 207 Å². The first-order valence-electron chi connectivity index (χ1n) is 20.6. The molecule has 16 heteroatoms. The van der Waals surface area contributed by atoms with Gasteiger partial charge in [-0.1, -0.05) is 45.6 Å². The molecular formula is C42H65N9O6S. The van der Waals surface area contributed by atoms with Crippen LogP contribution in [0.4, 0.5) is 5.82 Å². The van der Waals surface area contributed by atoms with Crippen molar-refractivity contribution in [3.63, 3.8) is 0 Å². The predicted molar refractivity (Wildman–Crippen MR) is 230 cm³/mol. The number of aromatic nitrogens is 3. The molecule has 3 aromatic heterocycles. The zero-order valence-electron chi connectivity index (χ0n) is 35.5. The van der Waals surface area contributed by atoms with Crippen LogP contribution in [-0.4, -0.2) is 99.6 Å². The van der Waals surface area contributed by atoms with E-state index in [1.54, 1.807) is 0 Å². The van der Waals surface area contributed by atoms with E-state index in [0.717, 1.165) is 50.8 Å². The second-order valence-electron chi connectivity index (χ2n) is 16.2. The first-order chi connectivity index (χ1) is 27.6. The van der Waals surface area contributed by atoms with Crippen LogP contribution in [-0.2, 0) is 24.0 Å². The van der Waals surface area contributed by atoms with Crippen molar-refractivity contribution < 1.29 is 24.0 Å². The summed E-state index contributed by atoms with van der Waals surface area (Å²) in [7, 11) is 1.96. The largest absolute Gasteiger partial charge is 0.368 e. The molecule has 6 N–H and O–H groups in total. The highest BCUT2D eigenvalue weighted by atomic mass is 32.1. The SMILES string of the molecule is CC(C)Nc1cccc(-c2nc3ccsc3c(=O)[nH]2)n1.CCC.CNC(C)(C)C.O=CN[C@H](C(=O)N1CCCC1C(=O)NCC(=O)C(=O)NC1CC1)C1CCCCC1. The van der Waals surface area contributed by atoms with Crippen molar-refractivity contribution >= 4 is 57.3 Å². The fourth-order valence-electron chi connectivity index (χ4n) is 6.23. The minimum atomic E-state index is -0.691. The summed E-state index contributed by atoms with van der Waals surface area (Å²) in [5.74, 6) is -0.697. The number of hydrogen-bond acceptors (Lipinski definition) is 11. The van der Waals surface area contributed by atoms with Gasteiger partial charge in [0.15, 0.2) is 5.82 Å². The Hall–Kier alpha value is -4.70. The first kappa shape index (κ1) is 47.7. The van der Waals surface area contributed by atoms with Crippen LogP contribution in [0.25, 0.3) is 21.7 Å². The first-order valence-corrected chi connectivity index (χ1v) is 21.5. The summed E-state index contributed by atoms with van der Waals surface area (Å²) >= 11 is 1.39. The number of nitrogens with one attached hydrogen (secondary N) is 6. The number of anilines is 1. The summed E-state index contributed by atoms with van der Waals surface area (Å²) in [5, 5.41) is 16.0. The molecule has 0 spiro atoms. The van der Waals surface area contributed by atoms with Crippen molar-refractivity contribution in [1.29, 1.82) is 0 Å². The highest BCUT2D eigenvalue weighted by Gasteiger charge is 2.40. The molecule has 2 atom stereocenters. The van der Waals surface area contributed by atoms with Gasteiger partial charge in [-0.25, -0.2) is 9.97 Å². The third kappa shape index (κ3) is 15.6. The normalized spacial score (nSPS) is 17.0. The van der Waals surface area contributed by atoms with Crippen LogP contribution in [0.2, 0.25) is 0 Å². The predicted octanol–water partition coefficient (Wildman–Crippen LogP) is 4.92. The molecule has 15 nitrogen and oxygen atoms in total. The quantitative estimate of drug-likeness (QED) is 0.107. The Labute approximate surface area is 346 Å². The molecule has 3 aromatic rings. The number of fused-ring (bicyclic) bond motifs is 1. The number of H-pyrrole nitrogens is 1. The lowest BCUT2D eigenvalue weighted by Crippen LogP contribution is -2.55. The number of pyridine rings is 1. The smallest absolute Gasteiger partial charge is 0.289 e. The summed E-state index contributed by atoms with van der Waals surface area (Å²) in [6.45, 7) is 14.8. The maximum Gasteiger partial charge on any atom is 0.289 e. The number of rotatable bonds is 12. The van der Waals surface area contributed by atoms with Crippen molar-refractivity contribution in [2.75, 3.05) is 25.5 Å². The second kappa shape index (κ2) is 23.6. The number of likely N-dealkylation sites (tertiary alicyclic amines) is 1. The average Bonchev–Trinajstić information content (AvgIpc) is 3.63. The van der Waals surface area contributed by atoms with Gasteiger partial charge in [0, 0.05) is 24.2 Å². The Morgan fingerprint density at radius 2 is 1.66 bits per heavy atom. The molecule has 6 rings (SSSR count). The van der Waals surface area contributed by atoms with E-state index in [2.05, 4.69) is 76.2 Å². The average molecular weight is 824 g/mol. The van der Waals surface area contributed by atoms with E-state index in [0.29, 0.717) is 59.1 Å².